The maximum Gasteiger partial charge on any atom is 0.310 e. The van der Waals surface area contributed by atoms with Crippen molar-refractivity contribution in [1.82, 2.24) is 0 Å². The van der Waals surface area contributed by atoms with Crippen LogP contribution in [0.5, 0.6) is 17.2 Å². The zero-order valence-corrected chi connectivity index (χ0v) is 24.8. The first-order valence-corrected chi connectivity index (χ1v) is 14.5. The van der Waals surface area contributed by atoms with Gasteiger partial charge in [0.1, 0.15) is 17.2 Å². The van der Waals surface area contributed by atoms with E-state index in [2.05, 4.69) is 31.2 Å². The number of fused-ring (bicyclic) bond motifs is 2. The van der Waals surface area contributed by atoms with E-state index < -0.39 is 5.41 Å². The van der Waals surface area contributed by atoms with Crippen molar-refractivity contribution in [2.75, 3.05) is 0 Å². The molecule has 43 heavy (non-hydrogen) atoms. The summed E-state index contributed by atoms with van der Waals surface area (Å²) < 4.78 is 16.3. The molecule has 0 unspecified atom stereocenters. The smallest absolute Gasteiger partial charge is 0.310 e. The quantitative estimate of drug-likeness (QED) is 0.100. The standard InChI is InChI=1S/C37H34O6/c1-5-34(38)41-31-18-14-28(15-19-31)37(4,29-12-8-26-22-32(42-35(39)6-2)16-10-24(26)20-29)30-13-9-27-23-33(43-36(40)7-3)17-11-25(27)21-30/h8-23H,5-7H2,1-4H3. The van der Waals surface area contributed by atoms with E-state index in [0.29, 0.717) is 36.5 Å². The molecule has 0 amide bonds. The lowest BCUT2D eigenvalue weighted by Gasteiger charge is -2.32. The summed E-state index contributed by atoms with van der Waals surface area (Å²) in [6.45, 7) is 7.48. The molecule has 6 nitrogen and oxygen atoms in total. The fourth-order valence-electron chi connectivity index (χ4n) is 5.16. The highest BCUT2D eigenvalue weighted by atomic mass is 16.5. The Bertz CT molecular complexity index is 1720. The molecule has 0 radical (unpaired) electrons. The molecule has 0 fully saturated rings. The third kappa shape index (κ3) is 6.28. The second-order valence-electron chi connectivity index (χ2n) is 10.6. The number of esters is 3. The van der Waals surface area contributed by atoms with Crippen molar-refractivity contribution in [2.45, 2.75) is 52.4 Å². The zero-order valence-electron chi connectivity index (χ0n) is 24.8. The van der Waals surface area contributed by atoms with Crippen LogP contribution in [0, 0.1) is 0 Å². The number of ether oxygens (including phenoxy) is 3. The van der Waals surface area contributed by atoms with Crippen molar-refractivity contribution in [3.05, 3.63) is 114 Å². The predicted molar refractivity (Wildman–Crippen MR) is 168 cm³/mol. The van der Waals surface area contributed by atoms with Crippen LogP contribution in [-0.2, 0) is 19.8 Å². The summed E-state index contributed by atoms with van der Waals surface area (Å²) in [7, 11) is 0. The molecule has 0 aliphatic carbocycles. The molecule has 0 aromatic heterocycles. The average Bonchev–Trinajstić information content (AvgIpc) is 3.03. The van der Waals surface area contributed by atoms with Gasteiger partial charge in [0.05, 0.1) is 0 Å². The molecule has 6 heteroatoms. The molecule has 0 atom stereocenters. The van der Waals surface area contributed by atoms with E-state index in [-0.39, 0.29) is 17.9 Å². The first-order chi connectivity index (χ1) is 20.7. The molecule has 5 aromatic rings. The van der Waals surface area contributed by atoms with Crippen molar-refractivity contribution in [3.8, 4) is 17.2 Å². The molecule has 0 N–H and O–H groups in total. The summed E-state index contributed by atoms with van der Waals surface area (Å²) in [5.74, 6) is 0.703. The number of carbonyl (C=O) groups excluding carboxylic acids is 3. The molecule has 0 bridgehead atoms. The minimum atomic E-state index is -0.587. The number of rotatable bonds is 9. The Morgan fingerprint density at radius 2 is 0.791 bits per heavy atom. The van der Waals surface area contributed by atoms with Crippen molar-refractivity contribution in [2.24, 2.45) is 0 Å². The van der Waals surface area contributed by atoms with Gasteiger partial charge in [0, 0.05) is 24.7 Å². The summed E-state index contributed by atoms with van der Waals surface area (Å²) in [6, 6.07) is 31.5. The lowest BCUT2D eigenvalue weighted by Crippen LogP contribution is -2.25. The van der Waals surface area contributed by atoms with Gasteiger partial charge in [-0.2, -0.15) is 0 Å². The van der Waals surface area contributed by atoms with Gasteiger partial charge in [0.15, 0.2) is 0 Å². The zero-order chi connectivity index (χ0) is 30.6. The van der Waals surface area contributed by atoms with Crippen LogP contribution in [0.3, 0.4) is 0 Å². The molecule has 0 heterocycles. The Morgan fingerprint density at radius 3 is 1.21 bits per heavy atom. The van der Waals surface area contributed by atoms with E-state index in [9.17, 15) is 14.4 Å². The molecule has 5 rings (SSSR count). The van der Waals surface area contributed by atoms with Crippen LogP contribution < -0.4 is 14.2 Å². The monoisotopic (exact) mass is 574 g/mol. The normalized spacial score (nSPS) is 11.3. The lowest BCUT2D eigenvalue weighted by molar-refractivity contribution is -0.134. The summed E-state index contributed by atoms with van der Waals surface area (Å²) >= 11 is 0. The highest BCUT2D eigenvalue weighted by Gasteiger charge is 2.32. The van der Waals surface area contributed by atoms with E-state index >= 15 is 0 Å². The number of carbonyl (C=O) groups is 3. The molecule has 0 spiro atoms. The Hall–Kier alpha value is -4.97. The van der Waals surface area contributed by atoms with Gasteiger partial charge in [-0.05, 0) is 93.7 Å². The van der Waals surface area contributed by atoms with Gasteiger partial charge < -0.3 is 14.2 Å². The van der Waals surface area contributed by atoms with Crippen molar-refractivity contribution in [3.63, 3.8) is 0 Å². The Kier molecular flexibility index (Phi) is 8.58. The molecule has 0 aliphatic heterocycles. The van der Waals surface area contributed by atoms with Crippen LogP contribution in [0.15, 0.2) is 97.1 Å². The fraction of sp³-hybridized carbons (Fsp3) is 0.216. The van der Waals surface area contributed by atoms with Gasteiger partial charge in [-0.15, -0.1) is 0 Å². The van der Waals surface area contributed by atoms with Crippen LogP contribution in [0.1, 0.15) is 63.6 Å². The Balaban J connectivity index is 1.61. The SMILES string of the molecule is CCC(=O)Oc1ccc(C(C)(c2ccc3cc(OC(=O)CC)ccc3c2)c2ccc3cc(OC(=O)CC)ccc3c2)cc1. The maximum absolute atomic E-state index is 11.9. The number of hydrogen-bond donors (Lipinski definition) is 0. The summed E-state index contributed by atoms with van der Waals surface area (Å²) in [5.41, 5.74) is 2.55. The molecule has 218 valence electrons. The summed E-state index contributed by atoms with van der Waals surface area (Å²) in [6.07, 6.45) is 0.914. The highest BCUT2D eigenvalue weighted by Crippen LogP contribution is 2.42. The van der Waals surface area contributed by atoms with Gasteiger partial charge >= 0.3 is 17.9 Å². The molecular weight excluding hydrogens is 540 g/mol. The first-order valence-electron chi connectivity index (χ1n) is 14.5. The van der Waals surface area contributed by atoms with Gasteiger partial charge in [0.2, 0.25) is 0 Å². The van der Waals surface area contributed by atoms with E-state index in [1.165, 1.54) is 0 Å². The Morgan fingerprint density at radius 1 is 0.465 bits per heavy atom. The van der Waals surface area contributed by atoms with Crippen LogP contribution in [0.2, 0.25) is 0 Å². The molecular formula is C37H34O6. The van der Waals surface area contributed by atoms with E-state index in [1.807, 2.05) is 72.8 Å². The number of benzene rings is 5. The summed E-state index contributed by atoms with van der Waals surface area (Å²) in [4.78, 5) is 35.5. The predicted octanol–water partition coefficient (Wildman–Crippen LogP) is 8.29. The lowest BCUT2D eigenvalue weighted by atomic mass is 9.70. The first kappa shape index (κ1) is 29.5. The van der Waals surface area contributed by atoms with Gasteiger partial charge in [-0.1, -0.05) is 69.3 Å². The van der Waals surface area contributed by atoms with Crippen molar-refractivity contribution in [1.29, 1.82) is 0 Å². The van der Waals surface area contributed by atoms with E-state index in [1.54, 1.807) is 20.8 Å². The maximum atomic E-state index is 11.9. The van der Waals surface area contributed by atoms with Gasteiger partial charge in [-0.3, -0.25) is 14.4 Å². The molecule has 5 aromatic carbocycles. The second kappa shape index (κ2) is 12.5. The molecule has 0 saturated carbocycles. The largest absolute Gasteiger partial charge is 0.427 e. The van der Waals surface area contributed by atoms with E-state index in [0.717, 1.165) is 38.2 Å². The average molecular weight is 575 g/mol. The molecule has 0 aliphatic rings. The van der Waals surface area contributed by atoms with Crippen LogP contribution in [0.4, 0.5) is 0 Å². The third-order valence-corrected chi connectivity index (χ3v) is 7.77. The highest BCUT2D eigenvalue weighted by molar-refractivity contribution is 5.88. The Labute approximate surface area is 251 Å². The summed E-state index contributed by atoms with van der Waals surface area (Å²) in [5, 5.41) is 3.94. The van der Waals surface area contributed by atoms with Gasteiger partial charge in [0.25, 0.3) is 0 Å². The number of hydrogen-bond acceptors (Lipinski definition) is 6. The topological polar surface area (TPSA) is 78.9 Å². The second-order valence-corrected chi connectivity index (χ2v) is 10.6. The minimum Gasteiger partial charge on any atom is -0.427 e. The third-order valence-electron chi connectivity index (χ3n) is 7.77. The van der Waals surface area contributed by atoms with Gasteiger partial charge in [-0.25, -0.2) is 0 Å². The van der Waals surface area contributed by atoms with Crippen LogP contribution in [-0.4, -0.2) is 17.9 Å². The molecule has 0 saturated heterocycles. The van der Waals surface area contributed by atoms with Crippen molar-refractivity contribution < 1.29 is 28.6 Å². The van der Waals surface area contributed by atoms with Crippen LogP contribution >= 0.6 is 0 Å². The van der Waals surface area contributed by atoms with Crippen molar-refractivity contribution >= 4 is 39.5 Å². The van der Waals surface area contributed by atoms with Crippen LogP contribution in [0.25, 0.3) is 21.5 Å². The minimum absolute atomic E-state index is 0.274. The fourth-order valence-corrected chi connectivity index (χ4v) is 5.16. The van der Waals surface area contributed by atoms with E-state index in [4.69, 9.17) is 14.2 Å².